The Labute approximate surface area is 163 Å². The number of aromatic nitrogens is 2. The summed E-state index contributed by atoms with van der Waals surface area (Å²) in [5.41, 5.74) is 2.73. The zero-order valence-electron chi connectivity index (χ0n) is 13.9. The van der Waals surface area contributed by atoms with E-state index in [1.165, 1.54) is 0 Å². The van der Waals surface area contributed by atoms with Crippen LogP contribution < -0.4 is 10.6 Å². The Morgan fingerprint density at radius 3 is 2.73 bits per heavy atom. The van der Waals surface area contributed by atoms with E-state index in [1.807, 2.05) is 65.5 Å². The number of thiocarbonyl (C=S) groups is 1. The van der Waals surface area contributed by atoms with Crippen molar-refractivity contribution in [2.75, 3.05) is 11.9 Å². The SMILES string of the molecule is C#Cc1cccc(NC(=S)NCC(c2ccc(Cl)cc2)n2cccn2)c1. The summed E-state index contributed by atoms with van der Waals surface area (Å²) < 4.78 is 1.89. The molecular formula is C20H17ClN4S. The topological polar surface area (TPSA) is 41.9 Å². The molecule has 1 atom stereocenters. The lowest BCUT2D eigenvalue weighted by atomic mass is 10.1. The lowest BCUT2D eigenvalue weighted by Gasteiger charge is -2.20. The Balaban J connectivity index is 1.68. The highest BCUT2D eigenvalue weighted by molar-refractivity contribution is 7.80. The van der Waals surface area contributed by atoms with E-state index in [-0.39, 0.29) is 6.04 Å². The Morgan fingerprint density at radius 2 is 2.04 bits per heavy atom. The molecular weight excluding hydrogens is 364 g/mol. The first-order chi connectivity index (χ1) is 12.7. The van der Waals surface area contributed by atoms with Gasteiger partial charge in [0.15, 0.2) is 5.11 Å². The number of benzene rings is 2. The van der Waals surface area contributed by atoms with Crippen LogP contribution in [0.25, 0.3) is 0 Å². The molecule has 0 aliphatic heterocycles. The van der Waals surface area contributed by atoms with Gasteiger partial charge in [-0.2, -0.15) is 5.10 Å². The number of nitrogens with zero attached hydrogens (tertiary/aromatic N) is 2. The molecule has 3 aromatic rings. The van der Waals surface area contributed by atoms with Crippen LogP contribution >= 0.6 is 23.8 Å². The van der Waals surface area contributed by atoms with Crippen molar-refractivity contribution < 1.29 is 0 Å². The predicted molar refractivity (Wildman–Crippen MR) is 110 cm³/mol. The Bertz CT molecular complexity index is 914. The maximum atomic E-state index is 6.00. The first kappa shape index (κ1) is 18.0. The summed E-state index contributed by atoms with van der Waals surface area (Å²) in [5.74, 6) is 2.61. The van der Waals surface area contributed by atoms with E-state index in [0.717, 1.165) is 16.8 Å². The van der Waals surface area contributed by atoms with E-state index >= 15 is 0 Å². The highest BCUT2D eigenvalue weighted by Gasteiger charge is 2.14. The quantitative estimate of drug-likeness (QED) is 0.516. The van der Waals surface area contributed by atoms with Crippen LogP contribution in [-0.2, 0) is 0 Å². The van der Waals surface area contributed by atoms with Gasteiger partial charge in [0.1, 0.15) is 0 Å². The molecule has 0 spiro atoms. The highest BCUT2D eigenvalue weighted by atomic mass is 35.5. The van der Waals surface area contributed by atoms with Gasteiger partial charge in [-0.05, 0) is 54.2 Å². The number of halogens is 1. The smallest absolute Gasteiger partial charge is 0.170 e. The summed E-state index contributed by atoms with van der Waals surface area (Å²) >= 11 is 11.4. The summed E-state index contributed by atoms with van der Waals surface area (Å²) in [6.45, 7) is 0.573. The van der Waals surface area contributed by atoms with E-state index in [9.17, 15) is 0 Å². The minimum Gasteiger partial charge on any atom is -0.360 e. The monoisotopic (exact) mass is 380 g/mol. The predicted octanol–water partition coefficient (Wildman–Crippen LogP) is 4.09. The summed E-state index contributed by atoms with van der Waals surface area (Å²) in [6, 6.07) is 17.1. The van der Waals surface area contributed by atoms with Crippen LogP contribution in [0.3, 0.4) is 0 Å². The summed E-state index contributed by atoms with van der Waals surface area (Å²) in [5, 5.41) is 12.0. The fourth-order valence-corrected chi connectivity index (χ4v) is 2.89. The molecule has 130 valence electrons. The van der Waals surface area contributed by atoms with Gasteiger partial charge < -0.3 is 10.6 Å². The van der Waals surface area contributed by atoms with Crippen LogP contribution in [0.15, 0.2) is 67.0 Å². The van der Waals surface area contributed by atoms with Gasteiger partial charge in [0, 0.05) is 35.2 Å². The van der Waals surface area contributed by atoms with Gasteiger partial charge in [-0.3, -0.25) is 4.68 Å². The number of hydrogen-bond acceptors (Lipinski definition) is 2. The van der Waals surface area contributed by atoms with Crippen molar-refractivity contribution in [3.63, 3.8) is 0 Å². The molecule has 0 saturated heterocycles. The normalized spacial score (nSPS) is 11.4. The van der Waals surface area contributed by atoms with Gasteiger partial charge in [-0.25, -0.2) is 0 Å². The molecule has 6 heteroatoms. The number of anilines is 1. The lowest BCUT2D eigenvalue weighted by molar-refractivity contribution is 0.515. The van der Waals surface area contributed by atoms with E-state index in [1.54, 1.807) is 6.20 Å². The minimum absolute atomic E-state index is 0.0148. The third kappa shape index (κ3) is 4.63. The number of hydrogen-bond donors (Lipinski definition) is 2. The molecule has 3 rings (SSSR count). The molecule has 1 aromatic heterocycles. The van der Waals surface area contributed by atoms with E-state index in [4.69, 9.17) is 30.2 Å². The summed E-state index contributed by atoms with van der Waals surface area (Å²) in [7, 11) is 0. The van der Waals surface area contributed by atoms with Crippen molar-refractivity contribution in [1.29, 1.82) is 0 Å². The fourth-order valence-electron chi connectivity index (χ4n) is 2.57. The maximum Gasteiger partial charge on any atom is 0.170 e. The van der Waals surface area contributed by atoms with Gasteiger partial charge in [-0.1, -0.05) is 35.7 Å². The molecule has 0 radical (unpaired) electrons. The molecule has 26 heavy (non-hydrogen) atoms. The second-order valence-electron chi connectivity index (χ2n) is 5.61. The van der Waals surface area contributed by atoms with Crippen LogP contribution in [0.1, 0.15) is 17.2 Å². The standard InChI is InChI=1S/C20H17ClN4S/c1-2-15-5-3-6-18(13-15)24-20(26)22-14-19(25-12-4-11-23-25)16-7-9-17(21)10-8-16/h1,3-13,19H,14H2,(H2,22,24,26). The van der Waals surface area contributed by atoms with Crippen molar-refractivity contribution in [3.05, 3.63) is 83.1 Å². The van der Waals surface area contributed by atoms with Crippen LogP contribution in [0.2, 0.25) is 5.02 Å². The third-order valence-corrected chi connectivity index (χ3v) is 4.34. The van der Waals surface area contributed by atoms with Crippen molar-refractivity contribution in [3.8, 4) is 12.3 Å². The molecule has 4 nitrogen and oxygen atoms in total. The van der Waals surface area contributed by atoms with Gasteiger partial charge in [0.05, 0.1) is 6.04 Å². The second-order valence-corrected chi connectivity index (χ2v) is 6.46. The molecule has 1 unspecified atom stereocenters. The highest BCUT2D eigenvalue weighted by Crippen LogP contribution is 2.19. The van der Waals surface area contributed by atoms with Crippen LogP contribution in [0.4, 0.5) is 5.69 Å². The van der Waals surface area contributed by atoms with Crippen molar-refractivity contribution in [2.24, 2.45) is 0 Å². The number of nitrogens with one attached hydrogen (secondary N) is 2. The van der Waals surface area contributed by atoms with Gasteiger partial charge >= 0.3 is 0 Å². The molecule has 1 heterocycles. The zero-order chi connectivity index (χ0) is 18.4. The average molecular weight is 381 g/mol. The van der Waals surface area contributed by atoms with Crippen molar-refractivity contribution in [1.82, 2.24) is 15.1 Å². The molecule has 0 fully saturated rings. The van der Waals surface area contributed by atoms with Crippen LogP contribution in [0.5, 0.6) is 0 Å². The maximum absolute atomic E-state index is 6.00. The van der Waals surface area contributed by atoms with E-state index in [2.05, 4.69) is 21.7 Å². The van der Waals surface area contributed by atoms with Crippen molar-refractivity contribution >= 4 is 34.6 Å². The molecule has 0 amide bonds. The Morgan fingerprint density at radius 1 is 1.23 bits per heavy atom. The van der Waals surface area contributed by atoms with Crippen molar-refractivity contribution in [2.45, 2.75) is 6.04 Å². The lowest BCUT2D eigenvalue weighted by Crippen LogP contribution is -2.34. The molecule has 0 saturated carbocycles. The molecule has 0 aliphatic carbocycles. The molecule has 2 aromatic carbocycles. The molecule has 0 aliphatic rings. The van der Waals surface area contributed by atoms with Gasteiger partial charge in [0.2, 0.25) is 0 Å². The molecule has 0 bridgehead atoms. The number of rotatable bonds is 5. The fraction of sp³-hybridized carbons (Fsp3) is 0.100. The molecule has 2 N–H and O–H groups in total. The van der Waals surface area contributed by atoms with Gasteiger partial charge in [-0.15, -0.1) is 6.42 Å². The average Bonchev–Trinajstić information content (AvgIpc) is 3.18. The zero-order valence-corrected chi connectivity index (χ0v) is 15.5. The van der Waals surface area contributed by atoms with Gasteiger partial charge in [0.25, 0.3) is 0 Å². The number of terminal acetylenes is 1. The first-order valence-electron chi connectivity index (χ1n) is 8.02. The second kappa shape index (κ2) is 8.52. The summed E-state index contributed by atoms with van der Waals surface area (Å²) in [4.78, 5) is 0. The Hall–Kier alpha value is -2.81. The Kier molecular flexibility index (Phi) is 5.90. The first-order valence-corrected chi connectivity index (χ1v) is 8.80. The third-order valence-electron chi connectivity index (χ3n) is 3.84. The van der Waals surface area contributed by atoms with Crippen LogP contribution in [0, 0.1) is 12.3 Å². The van der Waals surface area contributed by atoms with Crippen LogP contribution in [-0.4, -0.2) is 21.4 Å². The minimum atomic E-state index is -0.0148. The van der Waals surface area contributed by atoms with E-state index < -0.39 is 0 Å². The van der Waals surface area contributed by atoms with E-state index in [0.29, 0.717) is 16.7 Å². The largest absolute Gasteiger partial charge is 0.360 e. The summed E-state index contributed by atoms with van der Waals surface area (Å²) in [6.07, 6.45) is 9.11.